The van der Waals surface area contributed by atoms with Gasteiger partial charge in [0, 0.05) is 30.1 Å². The van der Waals surface area contributed by atoms with Crippen molar-refractivity contribution in [2.75, 3.05) is 6.61 Å². The van der Waals surface area contributed by atoms with Crippen LogP contribution in [0.25, 0.3) is 0 Å². The highest BCUT2D eigenvalue weighted by molar-refractivity contribution is 6.28. The van der Waals surface area contributed by atoms with Crippen molar-refractivity contribution in [1.82, 2.24) is 15.0 Å². The van der Waals surface area contributed by atoms with Gasteiger partial charge in [0.25, 0.3) is 0 Å². The van der Waals surface area contributed by atoms with Gasteiger partial charge in [-0.1, -0.05) is 18.7 Å². The molecule has 0 radical (unpaired) electrons. The SMILES string of the molecule is C=CCOc1nc(Cl)ncc1Cc1ccc(C)nc1. The van der Waals surface area contributed by atoms with Gasteiger partial charge in [0.05, 0.1) is 0 Å². The molecule has 0 aliphatic carbocycles. The summed E-state index contributed by atoms with van der Waals surface area (Å²) in [6.45, 7) is 5.94. The molecular weight excluding hydrogens is 262 g/mol. The first-order valence-corrected chi connectivity index (χ1v) is 6.23. The molecule has 0 aliphatic heterocycles. The Morgan fingerprint density at radius 3 is 2.84 bits per heavy atom. The van der Waals surface area contributed by atoms with Gasteiger partial charge < -0.3 is 4.74 Å². The lowest BCUT2D eigenvalue weighted by Gasteiger charge is -2.08. The summed E-state index contributed by atoms with van der Waals surface area (Å²) >= 11 is 5.78. The molecule has 0 N–H and O–H groups in total. The lowest BCUT2D eigenvalue weighted by atomic mass is 10.1. The van der Waals surface area contributed by atoms with Crippen molar-refractivity contribution in [3.63, 3.8) is 0 Å². The van der Waals surface area contributed by atoms with E-state index in [-0.39, 0.29) is 5.28 Å². The zero-order valence-electron chi connectivity index (χ0n) is 10.6. The first-order chi connectivity index (χ1) is 9.19. The van der Waals surface area contributed by atoms with E-state index in [4.69, 9.17) is 16.3 Å². The predicted octanol–water partition coefficient (Wildman–Crippen LogP) is 2.99. The molecular formula is C14H14ClN3O. The van der Waals surface area contributed by atoms with Gasteiger partial charge in [-0.2, -0.15) is 4.98 Å². The summed E-state index contributed by atoms with van der Waals surface area (Å²) in [7, 11) is 0. The average molecular weight is 276 g/mol. The normalized spacial score (nSPS) is 10.2. The summed E-state index contributed by atoms with van der Waals surface area (Å²) in [6.07, 6.45) is 5.82. The summed E-state index contributed by atoms with van der Waals surface area (Å²) in [5.41, 5.74) is 2.93. The molecule has 0 unspecified atom stereocenters. The molecule has 2 rings (SSSR count). The van der Waals surface area contributed by atoms with Gasteiger partial charge in [-0.3, -0.25) is 4.98 Å². The summed E-state index contributed by atoms with van der Waals surface area (Å²) in [4.78, 5) is 12.3. The number of aromatic nitrogens is 3. The van der Waals surface area contributed by atoms with Gasteiger partial charge >= 0.3 is 0 Å². The Labute approximate surface area is 117 Å². The number of pyridine rings is 1. The second-order valence-electron chi connectivity index (χ2n) is 4.05. The van der Waals surface area contributed by atoms with E-state index in [1.54, 1.807) is 12.3 Å². The third-order valence-corrected chi connectivity index (χ3v) is 2.68. The lowest BCUT2D eigenvalue weighted by Crippen LogP contribution is -2.02. The molecule has 0 atom stereocenters. The minimum atomic E-state index is 0.171. The smallest absolute Gasteiger partial charge is 0.225 e. The first kappa shape index (κ1) is 13.5. The van der Waals surface area contributed by atoms with Gasteiger partial charge in [0.2, 0.25) is 11.2 Å². The van der Waals surface area contributed by atoms with Crippen LogP contribution in [0.1, 0.15) is 16.8 Å². The van der Waals surface area contributed by atoms with Gasteiger partial charge in [0.1, 0.15) is 6.61 Å². The van der Waals surface area contributed by atoms with Crippen LogP contribution in [0.5, 0.6) is 5.88 Å². The number of ether oxygens (including phenoxy) is 1. The second-order valence-corrected chi connectivity index (χ2v) is 4.39. The molecule has 0 saturated carbocycles. The number of rotatable bonds is 5. The molecule has 0 aliphatic rings. The quantitative estimate of drug-likeness (QED) is 0.622. The first-order valence-electron chi connectivity index (χ1n) is 5.85. The highest BCUT2D eigenvalue weighted by Crippen LogP contribution is 2.20. The Balaban J connectivity index is 2.23. The highest BCUT2D eigenvalue weighted by Gasteiger charge is 2.08. The number of hydrogen-bond acceptors (Lipinski definition) is 4. The Morgan fingerprint density at radius 1 is 1.32 bits per heavy atom. The molecule has 0 aromatic carbocycles. The Kier molecular flexibility index (Phi) is 4.47. The Morgan fingerprint density at radius 2 is 2.16 bits per heavy atom. The number of halogens is 1. The third-order valence-electron chi connectivity index (χ3n) is 2.50. The molecule has 2 aromatic heterocycles. The maximum absolute atomic E-state index is 5.78. The zero-order valence-corrected chi connectivity index (χ0v) is 11.4. The maximum Gasteiger partial charge on any atom is 0.225 e. The van der Waals surface area contributed by atoms with Crippen LogP contribution in [0.4, 0.5) is 0 Å². The van der Waals surface area contributed by atoms with E-state index < -0.39 is 0 Å². The van der Waals surface area contributed by atoms with Crippen molar-refractivity contribution in [2.24, 2.45) is 0 Å². The molecule has 0 amide bonds. The minimum absolute atomic E-state index is 0.171. The average Bonchev–Trinajstić information content (AvgIpc) is 2.41. The fraction of sp³-hybridized carbons (Fsp3) is 0.214. The molecule has 0 spiro atoms. The van der Waals surface area contributed by atoms with Gasteiger partial charge in [0.15, 0.2) is 0 Å². The fourth-order valence-electron chi connectivity index (χ4n) is 1.58. The molecule has 4 nitrogen and oxygen atoms in total. The monoisotopic (exact) mass is 275 g/mol. The molecule has 5 heteroatoms. The predicted molar refractivity (Wildman–Crippen MR) is 74.5 cm³/mol. The van der Waals surface area contributed by atoms with E-state index in [0.717, 1.165) is 16.8 Å². The van der Waals surface area contributed by atoms with Crippen LogP contribution in [0.2, 0.25) is 5.28 Å². The number of nitrogens with zero attached hydrogens (tertiary/aromatic N) is 3. The topological polar surface area (TPSA) is 47.9 Å². The standard InChI is InChI=1S/C14H14ClN3O/c1-3-6-19-13-12(9-17-14(15)18-13)7-11-5-4-10(2)16-8-11/h3-5,8-9H,1,6-7H2,2H3. The van der Waals surface area contributed by atoms with Gasteiger partial charge in [-0.05, 0) is 30.2 Å². The van der Waals surface area contributed by atoms with E-state index >= 15 is 0 Å². The summed E-state index contributed by atoms with van der Waals surface area (Å²) in [5.74, 6) is 0.487. The Bertz CT molecular complexity index is 569. The second kappa shape index (κ2) is 6.29. The summed E-state index contributed by atoms with van der Waals surface area (Å²) in [6, 6.07) is 3.99. The molecule has 2 aromatic rings. The fourth-order valence-corrected chi connectivity index (χ4v) is 1.70. The van der Waals surface area contributed by atoms with Crippen LogP contribution >= 0.6 is 11.6 Å². The van der Waals surface area contributed by atoms with E-state index in [2.05, 4.69) is 21.5 Å². The van der Waals surface area contributed by atoms with Crippen LogP contribution in [-0.4, -0.2) is 21.6 Å². The van der Waals surface area contributed by atoms with Crippen molar-refractivity contribution < 1.29 is 4.74 Å². The molecule has 0 bridgehead atoms. The molecule has 2 heterocycles. The van der Waals surface area contributed by atoms with E-state index in [0.29, 0.717) is 18.9 Å². The summed E-state index contributed by atoms with van der Waals surface area (Å²) in [5, 5.41) is 0.171. The van der Waals surface area contributed by atoms with E-state index in [1.165, 1.54) is 0 Å². The molecule has 98 valence electrons. The van der Waals surface area contributed by atoms with E-state index in [9.17, 15) is 0 Å². The van der Waals surface area contributed by atoms with Crippen LogP contribution in [0.15, 0.2) is 37.2 Å². The lowest BCUT2D eigenvalue weighted by molar-refractivity contribution is 0.344. The third kappa shape index (κ3) is 3.76. The van der Waals surface area contributed by atoms with Crippen LogP contribution in [-0.2, 0) is 6.42 Å². The Hall–Kier alpha value is -1.94. The zero-order chi connectivity index (χ0) is 13.7. The molecule has 0 saturated heterocycles. The van der Waals surface area contributed by atoms with Crippen molar-refractivity contribution in [3.8, 4) is 5.88 Å². The van der Waals surface area contributed by atoms with Crippen molar-refractivity contribution in [3.05, 3.63) is 59.3 Å². The van der Waals surface area contributed by atoms with Crippen molar-refractivity contribution in [2.45, 2.75) is 13.3 Å². The molecule has 19 heavy (non-hydrogen) atoms. The number of hydrogen-bond donors (Lipinski definition) is 0. The van der Waals surface area contributed by atoms with Crippen LogP contribution in [0.3, 0.4) is 0 Å². The van der Waals surface area contributed by atoms with E-state index in [1.807, 2.05) is 25.3 Å². The van der Waals surface area contributed by atoms with Crippen LogP contribution in [0, 0.1) is 6.92 Å². The highest BCUT2D eigenvalue weighted by atomic mass is 35.5. The van der Waals surface area contributed by atoms with Crippen molar-refractivity contribution in [1.29, 1.82) is 0 Å². The van der Waals surface area contributed by atoms with Crippen molar-refractivity contribution >= 4 is 11.6 Å². The maximum atomic E-state index is 5.78. The number of aryl methyl sites for hydroxylation is 1. The molecule has 0 fully saturated rings. The largest absolute Gasteiger partial charge is 0.473 e. The van der Waals surface area contributed by atoms with Gasteiger partial charge in [-0.25, -0.2) is 4.98 Å². The van der Waals surface area contributed by atoms with Crippen LogP contribution < -0.4 is 4.74 Å². The summed E-state index contributed by atoms with van der Waals surface area (Å²) < 4.78 is 5.49. The van der Waals surface area contributed by atoms with Gasteiger partial charge in [-0.15, -0.1) is 0 Å². The minimum Gasteiger partial charge on any atom is -0.473 e.